The standard InChI is InChI=1S/C18H30N4O2.2C10H16N2O8/c23-18(24)17-5-3-16(4-6-17)15-22-13-2-9-20-11-10-19-7-1-8-21-12-14-22;2*13-7(14)3-11(4-8(15)16)1-2-12(5-9(17)18)6-10(19)20/h3-6,19-21H,1-2,7-15H2,(H,23,24);2*1-6H2,(H,13,14)(H,15,16)(H,17,18)(H,19,20). The van der Waals surface area contributed by atoms with Crippen molar-refractivity contribution < 1.29 is 89.1 Å². The van der Waals surface area contributed by atoms with E-state index in [0.29, 0.717) is 5.56 Å². The van der Waals surface area contributed by atoms with Gasteiger partial charge in [0.05, 0.1) is 57.9 Å². The summed E-state index contributed by atoms with van der Waals surface area (Å²) in [6.45, 7) is 4.59. The van der Waals surface area contributed by atoms with Crippen LogP contribution in [0.1, 0.15) is 28.8 Å². The summed E-state index contributed by atoms with van der Waals surface area (Å²) in [4.78, 5) is 102. The second kappa shape index (κ2) is 34.6. The third kappa shape index (κ3) is 34.7. The van der Waals surface area contributed by atoms with Crippen molar-refractivity contribution in [3.8, 4) is 0 Å². The maximum absolute atomic E-state index is 10.9. The zero-order chi connectivity index (χ0) is 48.5. The van der Waals surface area contributed by atoms with Gasteiger partial charge in [0.1, 0.15) is 0 Å². The summed E-state index contributed by atoms with van der Waals surface area (Å²) >= 11 is 0. The summed E-state index contributed by atoms with van der Waals surface area (Å²) in [5, 5.41) is 88.3. The molecule has 1 aliphatic heterocycles. The van der Waals surface area contributed by atoms with E-state index < -0.39 is 106 Å². The first kappa shape index (κ1) is 58.1. The molecule has 64 heavy (non-hydrogen) atoms. The Kier molecular flexibility index (Phi) is 31.4. The number of nitrogens with one attached hydrogen (secondary N) is 3. The van der Waals surface area contributed by atoms with Gasteiger partial charge in [0.15, 0.2) is 0 Å². The van der Waals surface area contributed by atoms with Crippen LogP contribution in [0.3, 0.4) is 0 Å². The lowest BCUT2D eigenvalue weighted by Gasteiger charge is -2.23. The summed E-state index contributed by atoms with van der Waals surface area (Å²) in [6.07, 6.45) is 2.27. The Morgan fingerprint density at radius 3 is 1.00 bits per heavy atom. The SMILES string of the molecule is O=C(O)CN(CCN(CC(=O)O)CC(=O)O)CC(=O)O.O=C(O)CN(CCN(CC(=O)O)CC(=O)O)CC(=O)O.O=C(O)c1ccc(CN2CCCNCCNCCCNCC2)cc1. The first-order valence-electron chi connectivity index (χ1n) is 20.0. The minimum Gasteiger partial charge on any atom is -0.480 e. The van der Waals surface area contributed by atoms with Crippen LogP contribution in [0.2, 0.25) is 0 Å². The molecule has 0 saturated carbocycles. The quantitative estimate of drug-likeness (QED) is 0.0455. The van der Waals surface area contributed by atoms with Gasteiger partial charge in [-0.15, -0.1) is 0 Å². The van der Waals surface area contributed by atoms with Crippen LogP contribution in [-0.4, -0.2) is 255 Å². The molecule has 0 atom stereocenters. The number of benzene rings is 1. The zero-order valence-corrected chi connectivity index (χ0v) is 35.5. The largest absolute Gasteiger partial charge is 0.480 e. The monoisotopic (exact) mass is 918 g/mol. The first-order valence-corrected chi connectivity index (χ1v) is 20.0. The van der Waals surface area contributed by atoms with Gasteiger partial charge in [0.2, 0.25) is 0 Å². The van der Waals surface area contributed by atoms with Crippen molar-refractivity contribution in [2.75, 3.05) is 131 Å². The van der Waals surface area contributed by atoms with Crippen molar-refractivity contribution >= 4 is 53.7 Å². The van der Waals surface area contributed by atoms with Gasteiger partial charge in [-0.1, -0.05) is 12.1 Å². The van der Waals surface area contributed by atoms with E-state index in [9.17, 15) is 43.2 Å². The predicted octanol–water partition coefficient (Wildman–Crippen LogP) is -3.39. The van der Waals surface area contributed by atoms with Gasteiger partial charge < -0.3 is 61.9 Å². The molecule has 0 unspecified atom stereocenters. The third-order valence-corrected chi connectivity index (χ3v) is 8.56. The first-order chi connectivity index (χ1) is 30.2. The van der Waals surface area contributed by atoms with Gasteiger partial charge in [-0.05, 0) is 56.7 Å². The molecule has 0 amide bonds. The van der Waals surface area contributed by atoms with Crippen LogP contribution >= 0.6 is 0 Å². The highest BCUT2D eigenvalue weighted by atomic mass is 16.4. The van der Waals surface area contributed by atoms with Gasteiger partial charge in [-0.2, -0.15) is 0 Å². The van der Waals surface area contributed by atoms with E-state index in [-0.39, 0.29) is 26.2 Å². The fourth-order valence-corrected chi connectivity index (χ4v) is 5.79. The molecule has 362 valence electrons. The lowest BCUT2D eigenvalue weighted by atomic mass is 10.1. The van der Waals surface area contributed by atoms with Crippen LogP contribution in [0.5, 0.6) is 0 Å². The lowest BCUT2D eigenvalue weighted by Crippen LogP contribution is -2.43. The minimum atomic E-state index is -1.23. The van der Waals surface area contributed by atoms with E-state index in [4.69, 9.17) is 46.0 Å². The number of nitrogens with zero attached hydrogens (tertiary/aromatic N) is 5. The Hall–Kier alpha value is -5.87. The number of rotatable bonds is 25. The minimum absolute atomic E-state index is 0.0703. The third-order valence-electron chi connectivity index (χ3n) is 8.56. The molecule has 1 aromatic carbocycles. The van der Waals surface area contributed by atoms with Crippen LogP contribution in [0.15, 0.2) is 24.3 Å². The average molecular weight is 919 g/mol. The van der Waals surface area contributed by atoms with Crippen molar-refractivity contribution in [3.63, 3.8) is 0 Å². The number of carbonyl (C=O) groups is 9. The van der Waals surface area contributed by atoms with E-state index in [1.54, 1.807) is 12.1 Å². The fraction of sp³-hybridized carbons (Fsp3) is 0.605. The highest BCUT2D eigenvalue weighted by molar-refractivity contribution is 5.87. The van der Waals surface area contributed by atoms with Gasteiger partial charge in [0.25, 0.3) is 0 Å². The summed E-state index contributed by atoms with van der Waals surface area (Å²) in [7, 11) is 0. The molecule has 26 nitrogen and oxygen atoms in total. The molecule has 1 saturated heterocycles. The predicted molar refractivity (Wildman–Crippen MR) is 223 cm³/mol. The molecule has 12 N–H and O–H groups in total. The second-order valence-corrected chi connectivity index (χ2v) is 14.2. The topological polar surface area (TPSA) is 388 Å². The van der Waals surface area contributed by atoms with Crippen molar-refractivity contribution in [2.45, 2.75) is 19.4 Å². The molecule has 0 radical (unpaired) electrons. The van der Waals surface area contributed by atoms with Gasteiger partial charge >= 0.3 is 53.7 Å². The normalized spacial score (nSPS) is 14.0. The van der Waals surface area contributed by atoms with Crippen LogP contribution in [-0.2, 0) is 44.9 Å². The second-order valence-electron chi connectivity index (χ2n) is 14.2. The van der Waals surface area contributed by atoms with Gasteiger partial charge in [0, 0.05) is 58.9 Å². The number of carboxylic acid groups (broad SMARTS) is 9. The molecular weight excluding hydrogens is 856 g/mol. The average Bonchev–Trinajstić information content (AvgIpc) is 3.16. The van der Waals surface area contributed by atoms with Crippen LogP contribution in [0.25, 0.3) is 0 Å². The molecule has 26 heteroatoms. The molecule has 1 aromatic rings. The maximum atomic E-state index is 10.9. The molecular formula is C38H62N8O18. The van der Waals surface area contributed by atoms with E-state index in [1.165, 1.54) is 5.56 Å². The number of hydrogen-bond acceptors (Lipinski definition) is 17. The van der Waals surface area contributed by atoms with Crippen LogP contribution in [0.4, 0.5) is 0 Å². The molecule has 0 bridgehead atoms. The number of aromatic carboxylic acids is 1. The molecule has 0 spiro atoms. The highest BCUT2D eigenvalue weighted by Gasteiger charge is 2.20. The summed E-state index contributed by atoms with van der Waals surface area (Å²) in [5.74, 6) is -10.7. The molecule has 0 aromatic heterocycles. The lowest BCUT2D eigenvalue weighted by molar-refractivity contribution is -0.145. The number of carboxylic acids is 9. The Balaban J connectivity index is 0.000000938. The molecule has 1 heterocycles. The maximum Gasteiger partial charge on any atom is 0.335 e. The van der Waals surface area contributed by atoms with E-state index in [0.717, 1.165) is 91.3 Å². The summed E-state index contributed by atoms with van der Waals surface area (Å²) in [5.41, 5.74) is 1.51. The van der Waals surface area contributed by atoms with E-state index in [2.05, 4.69) is 20.9 Å². The van der Waals surface area contributed by atoms with Crippen molar-refractivity contribution in [1.82, 2.24) is 40.4 Å². The van der Waals surface area contributed by atoms with E-state index >= 15 is 0 Å². The number of hydrogen-bond donors (Lipinski definition) is 12. The van der Waals surface area contributed by atoms with Crippen molar-refractivity contribution in [3.05, 3.63) is 35.4 Å². The molecule has 2 rings (SSSR count). The number of aliphatic carboxylic acids is 8. The Morgan fingerprint density at radius 1 is 0.406 bits per heavy atom. The zero-order valence-electron chi connectivity index (χ0n) is 35.5. The van der Waals surface area contributed by atoms with Gasteiger partial charge in [-0.3, -0.25) is 62.9 Å². The van der Waals surface area contributed by atoms with Crippen LogP contribution < -0.4 is 16.0 Å². The molecule has 0 aliphatic carbocycles. The Bertz CT molecular complexity index is 1400. The smallest absolute Gasteiger partial charge is 0.335 e. The Labute approximate surface area is 368 Å². The summed E-state index contributed by atoms with van der Waals surface area (Å²) < 4.78 is 0. The van der Waals surface area contributed by atoms with Crippen LogP contribution in [0, 0.1) is 0 Å². The van der Waals surface area contributed by atoms with Crippen molar-refractivity contribution in [2.24, 2.45) is 0 Å². The fourth-order valence-electron chi connectivity index (χ4n) is 5.79. The Morgan fingerprint density at radius 2 is 0.703 bits per heavy atom. The highest BCUT2D eigenvalue weighted by Crippen LogP contribution is 2.08. The van der Waals surface area contributed by atoms with Crippen molar-refractivity contribution in [1.29, 1.82) is 0 Å². The van der Waals surface area contributed by atoms with E-state index in [1.807, 2.05) is 12.1 Å². The van der Waals surface area contributed by atoms with Gasteiger partial charge in [-0.25, -0.2) is 4.79 Å². The molecule has 1 aliphatic rings. The summed E-state index contributed by atoms with van der Waals surface area (Å²) in [6, 6.07) is 7.22. The molecule has 1 fully saturated rings.